The number of hydrogen-bond donors (Lipinski definition) is 2. The number of aromatic nitrogens is 6. The predicted molar refractivity (Wildman–Crippen MR) is 80.9 cm³/mol. The molecule has 0 radical (unpaired) electrons. The van der Waals surface area contributed by atoms with Crippen LogP contribution in [0.1, 0.15) is 30.0 Å². The Morgan fingerprint density at radius 1 is 1.22 bits per heavy atom. The highest BCUT2D eigenvalue weighted by Crippen LogP contribution is 2.32. The molecule has 8 heteroatoms. The number of rotatable bonds is 3. The van der Waals surface area contributed by atoms with Gasteiger partial charge in [-0.1, -0.05) is 6.07 Å². The van der Waals surface area contributed by atoms with Crippen LogP contribution >= 0.6 is 0 Å². The van der Waals surface area contributed by atoms with E-state index in [2.05, 4.69) is 35.9 Å². The normalized spacial score (nSPS) is 16.8. The summed E-state index contributed by atoms with van der Waals surface area (Å²) in [5, 5.41) is 17.0. The zero-order valence-corrected chi connectivity index (χ0v) is 12.2. The maximum atomic E-state index is 13.4. The molecule has 7 nitrogen and oxygen atoms in total. The minimum Gasteiger partial charge on any atom is -0.347 e. The molecule has 1 unspecified atom stereocenters. The molecular formula is C15H14FN7. The van der Waals surface area contributed by atoms with Crippen molar-refractivity contribution in [2.75, 3.05) is 5.32 Å². The molecule has 0 fully saturated rings. The first-order valence-electron chi connectivity index (χ1n) is 7.40. The standard InChI is InChI=1S/C15H14FN7/c16-11-4-5-12-9(6-11)2-1-3-13(12)19-15-17-7-10(8-18-15)14-20-22-23-21-14/h4-8,13H,1-3H2,(H,17,18,19)(H,20,21,22,23). The van der Waals surface area contributed by atoms with Crippen molar-refractivity contribution in [3.05, 3.63) is 47.5 Å². The largest absolute Gasteiger partial charge is 0.347 e. The Kier molecular flexibility index (Phi) is 3.41. The molecule has 116 valence electrons. The van der Waals surface area contributed by atoms with E-state index in [0.29, 0.717) is 17.3 Å². The monoisotopic (exact) mass is 311 g/mol. The molecule has 0 aliphatic heterocycles. The van der Waals surface area contributed by atoms with Crippen LogP contribution in [0.4, 0.5) is 10.3 Å². The van der Waals surface area contributed by atoms with Gasteiger partial charge >= 0.3 is 0 Å². The van der Waals surface area contributed by atoms with Gasteiger partial charge in [0.2, 0.25) is 11.8 Å². The average Bonchev–Trinajstić information content (AvgIpc) is 3.10. The average molecular weight is 311 g/mol. The number of tetrazole rings is 1. The van der Waals surface area contributed by atoms with Crippen molar-refractivity contribution in [2.45, 2.75) is 25.3 Å². The van der Waals surface area contributed by atoms with Gasteiger partial charge in [0.1, 0.15) is 5.82 Å². The fourth-order valence-electron chi connectivity index (χ4n) is 2.89. The summed E-state index contributed by atoms with van der Waals surface area (Å²) in [6.07, 6.45) is 6.18. The Morgan fingerprint density at radius 3 is 2.87 bits per heavy atom. The lowest BCUT2D eigenvalue weighted by Crippen LogP contribution is -2.18. The SMILES string of the molecule is Fc1ccc2c(c1)CCCC2Nc1ncc(-c2nn[nH]n2)cn1. The second-order valence-electron chi connectivity index (χ2n) is 5.46. The Balaban J connectivity index is 1.55. The van der Waals surface area contributed by atoms with Crippen molar-refractivity contribution in [1.29, 1.82) is 0 Å². The third kappa shape index (κ3) is 2.75. The van der Waals surface area contributed by atoms with Gasteiger partial charge in [-0.15, -0.1) is 10.2 Å². The summed E-state index contributed by atoms with van der Waals surface area (Å²) in [7, 11) is 0. The molecule has 1 atom stereocenters. The van der Waals surface area contributed by atoms with E-state index in [1.165, 1.54) is 6.07 Å². The summed E-state index contributed by atoms with van der Waals surface area (Å²) in [5.74, 6) is 0.791. The van der Waals surface area contributed by atoms with Crippen LogP contribution in [0.2, 0.25) is 0 Å². The van der Waals surface area contributed by atoms with E-state index in [9.17, 15) is 4.39 Å². The summed E-state index contributed by atoms with van der Waals surface area (Å²) >= 11 is 0. The molecular weight excluding hydrogens is 297 g/mol. The van der Waals surface area contributed by atoms with Crippen molar-refractivity contribution >= 4 is 5.95 Å². The molecule has 0 spiro atoms. The van der Waals surface area contributed by atoms with Crippen molar-refractivity contribution < 1.29 is 4.39 Å². The van der Waals surface area contributed by atoms with E-state index in [0.717, 1.165) is 30.4 Å². The van der Waals surface area contributed by atoms with Crippen molar-refractivity contribution in [3.63, 3.8) is 0 Å². The Bertz CT molecular complexity index is 801. The molecule has 3 aromatic rings. The van der Waals surface area contributed by atoms with Gasteiger partial charge in [0.15, 0.2) is 0 Å². The third-order valence-corrected chi connectivity index (χ3v) is 3.98. The van der Waals surface area contributed by atoms with Gasteiger partial charge in [-0.2, -0.15) is 5.21 Å². The number of aryl methyl sites for hydroxylation is 1. The quantitative estimate of drug-likeness (QED) is 0.771. The van der Waals surface area contributed by atoms with E-state index in [1.807, 2.05) is 6.07 Å². The smallest absolute Gasteiger partial charge is 0.223 e. The molecule has 2 N–H and O–H groups in total. The van der Waals surface area contributed by atoms with Crippen molar-refractivity contribution in [1.82, 2.24) is 30.6 Å². The number of H-pyrrole nitrogens is 1. The molecule has 4 rings (SSSR count). The van der Waals surface area contributed by atoms with Gasteiger partial charge in [-0.25, -0.2) is 14.4 Å². The lowest BCUT2D eigenvalue weighted by molar-refractivity contribution is 0.580. The predicted octanol–water partition coefficient (Wildman–Crippen LogP) is 2.29. The van der Waals surface area contributed by atoms with Crippen LogP contribution in [-0.4, -0.2) is 30.6 Å². The van der Waals surface area contributed by atoms with E-state index < -0.39 is 0 Å². The van der Waals surface area contributed by atoms with Gasteiger partial charge in [0, 0.05) is 12.4 Å². The van der Waals surface area contributed by atoms with Crippen LogP contribution in [0.5, 0.6) is 0 Å². The summed E-state index contributed by atoms with van der Waals surface area (Å²) < 4.78 is 13.4. The molecule has 1 aliphatic rings. The Labute approximate surface area is 131 Å². The second kappa shape index (κ2) is 5.71. The summed E-state index contributed by atoms with van der Waals surface area (Å²) in [5.41, 5.74) is 2.86. The third-order valence-electron chi connectivity index (χ3n) is 3.98. The van der Waals surface area contributed by atoms with Crippen molar-refractivity contribution in [2.24, 2.45) is 0 Å². The molecule has 0 bridgehead atoms. The molecule has 0 amide bonds. The number of hydrogen-bond acceptors (Lipinski definition) is 6. The minimum absolute atomic E-state index is 0.0929. The highest BCUT2D eigenvalue weighted by molar-refractivity contribution is 5.51. The highest BCUT2D eigenvalue weighted by Gasteiger charge is 2.21. The van der Waals surface area contributed by atoms with Gasteiger partial charge in [0.05, 0.1) is 11.6 Å². The van der Waals surface area contributed by atoms with Crippen LogP contribution in [0, 0.1) is 5.82 Å². The maximum Gasteiger partial charge on any atom is 0.223 e. The molecule has 0 saturated carbocycles. The number of nitrogens with zero attached hydrogens (tertiary/aromatic N) is 5. The number of aromatic amines is 1. The van der Waals surface area contributed by atoms with E-state index in [-0.39, 0.29) is 11.9 Å². The Hall–Kier alpha value is -2.90. The van der Waals surface area contributed by atoms with E-state index in [1.54, 1.807) is 18.5 Å². The topological polar surface area (TPSA) is 92.3 Å². The first-order chi connectivity index (χ1) is 11.3. The number of benzene rings is 1. The zero-order valence-electron chi connectivity index (χ0n) is 12.2. The lowest BCUT2D eigenvalue weighted by Gasteiger charge is -2.26. The summed E-state index contributed by atoms with van der Waals surface area (Å²) in [6, 6.07) is 5.05. The van der Waals surface area contributed by atoms with Crippen molar-refractivity contribution in [3.8, 4) is 11.4 Å². The van der Waals surface area contributed by atoms with Crippen LogP contribution < -0.4 is 5.32 Å². The van der Waals surface area contributed by atoms with Crippen LogP contribution in [0.25, 0.3) is 11.4 Å². The molecule has 2 aromatic heterocycles. The minimum atomic E-state index is -0.190. The second-order valence-corrected chi connectivity index (χ2v) is 5.46. The first kappa shape index (κ1) is 13.7. The maximum absolute atomic E-state index is 13.4. The van der Waals surface area contributed by atoms with Crippen LogP contribution in [0.3, 0.4) is 0 Å². The highest BCUT2D eigenvalue weighted by atomic mass is 19.1. The van der Waals surface area contributed by atoms with Gasteiger partial charge < -0.3 is 5.32 Å². The molecule has 1 aliphatic carbocycles. The van der Waals surface area contributed by atoms with Gasteiger partial charge in [-0.3, -0.25) is 0 Å². The summed E-state index contributed by atoms with van der Waals surface area (Å²) in [4.78, 5) is 8.60. The first-order valence-corrected chi connectivity index (χ1v) is 7.40. The molecule has 0 saturated heterocycles. The fraction of sp³-hybridized carbons (Fsp3) is 0.267. The van der Waals surface area contributed by atoms with Gasteiger partial charge in [-0.05, 0) is 47.7 Å². The van der Waals surface area contributed by atoms with Crippen LogP contribution in [-0.2, 0) is 6.42 Å². The molecule has 2 heterocycles. The number of nitrogens with one attached hydrogen (secondary N) is 2. The van der Waals surface area contributed by atoms with E-state index in [4.69, 9.17) is 0 Å². The fourth-order valence-corrected chi connectivity index (χ4v) is 2.89. The van der Waals surface area contributed by atoms with Gasteiger partial charge in [0.25, 0.3) is 0 Å². The number of anilines is 1. The molecule has 1 aromatic carbocycles. The summed E-state index contributed by atoms with van der Waals surface area (Å²) in [6.45, 7) is 0. The number of fused-ring (bicyclic) bond motifs is 1. The zero-order chi connectivity index (χ0) is 15.6. The molecule has 23 heavy (non-hydrogen) atoms. The number of halogens is 1. The Morgan fingerprint density at radius 2 is 2.09 bits per heavy atom. The van der Waals surface area contributed by atoms with E-state index >= 15 is 0 Å². The van der Waals surface area contributed by atoms with Crippen LogP contribution in [0.15, 0.2) is 30.6 Å². The lowest BCUT2D eigenvalue weighted by atomic mass is 9.88.